The fourth-order valence-electron chi connectivity index (χ4n) is 1.29. The van der Waals surface area contributed by atoms with Crippen LogP contribution in [0.5, 0.6) is 0 Å². The van der Waals surface area contributed by atoms with E-state index in [0.717, 1.165) is 19.3 Å². The van der Waals surface area contributed by atoms with Crippen LogP contribution < -0.4 is 0 Å². The van der Waals surface area contributed by atoms with Crippen LogP contribution in [0, 0.1) is 5.41 Å². The summed E-state index contributed by atoms with van der Waals surface area (Å²) in [7, 11) is 0. The van der Waals surface area contributed by atoms with Crippen molar-refractivity contribution in [3.05, 3.63) is 0 Å². The molecule has 0 aliphatic carbocycles. The van der Waals surface area contributed by atoms with Gasteiger partial charge in [0.25, 0.3) is 0 Å². The SMILES string of the molecule is CCCCN(CCC(C)(C)C)SCC(F)(F)C(F)(F)F. The average Bonchev–Trinajstić information content (AvgIpc) is 2.25. The normalized spacial score (nSPS) is 14.1. The highest BCUT2D eigenvalue weighted by Crippen LogP contribution is 2.38. The van der Waals surface area contributed by atoms with Gasteiger partial charge in [0.05, 0.1) is 5.75 Å². The lowest BCUT2D eigenvalue weighted by molar-refractivity contribution is -0.271. The van der Waals surface area contributed by atoms with Crippen LogP contribution in [-0.2, 0) is 0 Å². The van der Waals surface area contributed by atoms with Gasteiger partial charge < -0.3 is 0 Å². The predicted octanol–water partition coefficient (Wildman–Crippen LogP) is 5.37. The Morgan fingerprint density at radius 3 is 1.90 bits per heavy atom. The first-order valence-electron chi connectivity index (χ1n) is 6.71. The van der Waals surface area contributed by atoms with Crippen molar-refractivity contribution >= 4 is 11.9 Å². The number of rotatable bonds is 8. The second-order valence-electron chi connectivity index (χ2n) is 6.07. The summed E-state index contributed by atoms with van der Waals surface area (Å²) in [5.74, 6) is -5.88. The number of hydrogen-bond acceptors (Lipinski definition) is 2. The van der Waals surface area contributed by atoms with E-state index in [-0.39, 0.29) is 5.41 Å². The standard InChI is InChI=1S/C13H24F5NS/c1-5-6-8-19(9-7-11(2,3)4)20-10-12(14,15)13(16,17)18/h5-10H2,1-4H3. The van der Waals surface area contributed by atoms with E-state index in [0.29, 0.717) is 25.0 Å². The van der Waals surface area contributed by atoms with Gasteiger partial charge >= 0.3 is 12.1 Å². The van der Waals surface area contributed by atoms with Crippen LogP contribution >= 0.6 is 11.9 Å². The minimum atomic E-state index is -5.47. The molecule has 0 unspecified atom stereocenters. The minimum absolute atomic E-state index is 0.0254. The van der Waals surface area contributed by atoms with Crippen molar-refractivity contribution in [3.63, 3.8) is 0 Å². The molecule has 0 saturated carbocycles. The lowest BCUT2D eigenvalue weighted by Gasteiger charge is -2.28. The van der Waals surface area contributed by atoms with E-state index in [9.17, 15) is 22.0 Å². The molecule has 0 heterocycles. The molecule has 0 aromatic carbocycles. The lowest BCUT2D eigenvalue weighted by atomic mass is 9.92. The van der Waals surface area contributed by atoms with Crippen LogP contribution in [0.1, 0.15) is 47.0 Å². The van der Waals surface area contributed by atoms with Crippen molar-refractivity contribution in [2.45, 2.75) is 59.1 Å². The third kappa shape index (κ3) is 8.29. The molecule has 20 heavy (non-hydrogen) atoms. The zero-order chi connectivity index (χ0) is 16.0. The summed E-state index contributed by atoms with van der Waals surface area (Å²) in [5, 5.41) is 0. The Morgan fingerprint density at radius 2 is 1.50 bits per heavy atom. The fraction of sp³-hybridized carbons (Fsp3) is 1.00. The molecule has 0 aromatic heterocycles. The van der Waals surface area contributed by atoms with Gasteiger partial charge in [-0.1, -0.05) is 46.1 Å². The van der Waals surface area contributed by atoms with Gasteiger partial charge in [-0.15, -0.1) is 0 Å². The molecule has 0 spiro atoms. The topological polar surface area (TPSA) is 3.24 Å². The number of unbranched alkanes of at least 4 members (excludes halogenated alkanes) is 1. The predicted molar refractivity (Wildman–Crippen MR) is 74.0 cm³/mol. The Morgan fingerprint density at radius 1 is 0.950 bits per heavy atom. The molecule has 0 saturated heterocycles. The molecule has 0 bridgehead atoms. The van der Waals surface area contributed by atoms with Crippen LogP contribution in [0.25, 0.3) is 0 Å². The third-order valence-corrected chi connectivity index (χ3v) is 3.94. The van der Waals surface area contributed by atoms with Gasteiger partial charge in [-0.3, -0.25) is 4.31 Å². The summed E-state index contributed by atoms with van der Waals surface area (Å²) in [6, 6.07) is 0. The van der Waals surface area contributed by atoms with Crippen LogP contribution in [-0.4, -0.2) is 35.2 Å². The number of halogens is 5. The summed E-state index contributed by atoms with van der Waals surface area (Å²) in [4.78, 5) is 0. The highest BCUT2D eigenvalue weighted by atomic mass is 32.2. The molecule has 1 nitrogen and oxygen atoms in total. The van der Waals surface area contributed by atoms with Crippen molar-refractivity contribution in [2.24, 2.45) is 5.41 Å². The highest BCUT2D eigenvalue weighted by molar-refractivity contribution is 7.97. The summed E-state index contributed by atoms with van der Waals surface area (Å²) in [6.45, 7) is 9.05. The van der Waals surface area contributed by atoms with E-state index < -0.39 is 17.9 Å². The van der Waals surface area contributed by atoms with Gasteiger partial charge in [-0.05, 0) is 18.3 Å². The smallest absolute Gasteiger partial charge is 0.250 e. The largest absolute Gasteiger partial charge is 0.454 e. The van der Waals surface area contributed by atoms with Crippen molar-refractivity contribution in [1.82, 2.24) is 4.31 Å². The van der Waals surface area contributed by atoms with Crippen molar-refractivity contribution in [1.29, 1.82) is 0 Å². The van der Waals surface area contributed by atoms with Crippen molar-refractivity contribution in [2.75, 3.05) is 18.8 Å². The zero-order valence-electron chi connectivity index (χ0n) is 12.5. The Bertz CT molecular complexity index is 273. The van der Waals surface area contributed by atoms with Crippen LogP contribution in [0.3, 0.4) is 0 Å². The molecular weight excluding hydrogens is 297 g/mol. The lowest BCUT2D eigenvalue weighted by Crippen LogP contribution is -2.40. The summed E-state index contributed by atoms with van der Waals surface area (Å²) in [6.07, 6.45) is -3.06. The van der Waals surface area contributed by atoms with Gasteiger partial charge in [0, 0.05) is 13.1 Å². The maximum atomic E-state index is 12.9. The molecule has 0 amide bonds. The van der Waals surface area contributed by atoms with E-state index in [1.807, 2.05) is 27.7 Å². The molecule has 0 N–H and O–H groups in total. The first-order chi connectivity index (χ1) is 8.89. The summed E-state index contributed by atoms with van der Waals surface area (Å²) in [5.41, 5.74) is 0.0254. The van der Waals surface area contributed by atoms with E-state index in [2.05, 4.69) is 0 Å². The molecule has 0 rings (SSSR count). The summed E-state index contributed by atoms with van der Waals surface area (Å²) >= 11 is 0.599. The van der Waals surface area contributed by atoms with Crippen molar-refractivity contribution < 1.29 is 22.0 Å². The van der Waals surface area contributed by atoms with Gasteiger partial charge in [0.15, 0.2) is 0 Å². The molecule has 0 aromatic rings. The van der Waals surface area contributed by atoms with Gasteiger partial charge in [-0.2, -0.15) is 22.0 Å². The number of nitrogens with zero attached hydrogens (tertiary/aromatic N) is 1. The van der Waals surface area contributed by atoms with E-state index in [4.69, 9.17) is 0 Å². The molecule has 7 heteroatoms. The Hall–Kier alpha value is -0.0400. The average molecular weight is 321 g/mol. The molecule has 0 atom stereocenters. The van der Waals surface area contributed by atoms with Gasteiger partial charge in [0.1, 0.15) is 0 Å². The third-order valence-electron chi connectivity index (χ3n) is 2.72. The second-order valence-corrected chi connectivity index (χ2v) is 7.13. The molecule has 0 radical (unpaired) electrons. The second kappa shape index (κ2) is 7.82. The molecule has 0 fully saturated rings. The molecule has 0 aliphatic heterocycles. The Balaban J connectivity index is 4.43. The highest BCUT2D eigenvalue weighted by Gasteiger charge is 2.57. The van der Waals surface area contributed by atoms with Crippen LogP contribution in [0.4, 0.5) is 22.0 Å². The molecular formula is C13H24F5NS. The quantitative estimate of drug-likeness (QED) is 0.437. The van der Waals surface area contributed by atoms with E-state index >= 15 is 0 Å². The maximum Gasteiger partial charge on any atom is 0.454 e. The van der Waals surface area contributed by atoms with E-state index in [1.54, 1.807) is 4.31 Å². The Labute approximate surface area is 122 Å². The first kappa shape index (κ1) is 20.0. The minimum Gasteiger partial charge on any atom is -0.250 e. The van der Waals surface area contributed by atoms with Crippen LogP contribution in [0.15, 0.2) is 0 Å². The monoisotopic (exact) mass is 321 g/mol. The van der Waals surface area contributed by atoms with E-state index in [1.165, 1.54) is 0 Å². The fourth-order valence-corrected chi connectivity index (χ4v) is 2.28. The summed E-state index contributed by atoms with van der Waals surface area (Å²) < 4.78 is 63.9. The number of hydrogen-bond donors (Lipinski definition) is 0. The maximum absolute atomic E-state index is 12.9. The molecule has 0 aliphatic rings. The van der Waals surface area contributed by atoms with Gasteiger partial charge in [-0.25, -0.2) is 0 Å². The van der Waals surface area contributed by atoms with Gasteiger partial charge in [0.2, 0.25) is 0 Å². The Kier molecular flexibility index (Phi) is 7.81. The number of alkyl halides is 5. The van der Waals surface area contributed by atoms with Crippen LogP contribution in [0.2, 0.25) is 0 Å². The molecule has 122 valence electrons. The zero-order valence-corrected chi connectivity index (χ0v) is 13.3. The first-order valence-corrected chi connectivity index (χ1v) is 7.66. The van der Waals surface area contributed by atoms with Crippen molar-refractivity contribution in [3.8, 4) is 0 Å².